The molecule has 0 saturated carbocycles. The fourth-order valence-electron chi connectivity index (χ4n) is 2.80. The van der Waals surface area contributed by atoms with Gasteiger partial charge in [0, 0.05) is 19.6 Å². The van der Waals surface area contributed by atoms with Crippen molar-refractivity contribution in [2.75, 3.05) is 37.7 Å². The Morgan fingerprint density at radius 2 is 2.13 bits per heavy atom. The molecule has 1 aliphatic heterocycles. The van der Waals surface area contributed by atoms with Crippen molar-refractivity contribution in [3.8, 4) is 0 Å². The number of fused-ring (bicyclic) bond motifs is 1. The van der Waals surface area contributed by atoms with Crippen LogP contribution >= 0.6 is 0 Å². The van der Waals surface area contributed by atoms with Crippen LogP contribution in [-0.2, 0) is 4.74 Å². The van der Waals surface area contributed by atoms with Crippen LogP contribution in [0.2, 0.25) is 0 Å². The van der Waals surface area contributed by atoms with Crippen molar-refractivity contribution >= 4 is 22.8 Å². The highest BCUT2D eigenvalue weighted by atomic mass is 16.5. The van der Waals surface area contributed by atoms with E-state index in [1.807, 2.05) is 12.1 Å². The molecule has 23 heavy (non-hydrogen) atoms. The van der Waals surface area contributed by atoms with Gasteiger partial charge in [0.2, 0.25) is 0 Å². The number of carbonyl (C=O) groups is 1. The second-order valence-electron chi connectivity index (χ2n) is 6.27. The van der Waals surface area contributed by atoms with E-state index >= 15 is 0 Å². The molecule has 0 bridgehead atoms. The molecule has 2 aromatic rings. The summed E-state index contributed by atoms with van der Waals surface area (Å²) >= 11 is 0. The number of aromatic nitrogens is 2. The Hall–Kier alpha value is -2.08. The van der Waals surface area contributed by atoms with E-state index in [-0.39, 0.29) is 6.03 Å². The first-order valence-electron chi connectivity index (χ1n) is 8.24. The van der Waals surface area contributed by atoms with E-state index in [1.165, 1.54) is 0 Å². The molecule has 0 aliphatic carbocycles. The molecule has 2 heterocycles. The van der Waals surface area contributed by atoms with Crippen molar-refractivity contribution in [2.24, 2.45) is 5.92 Å². The largest absolute Gasteiger partial charge is 0.378 e. The summed E-state index contributed by atoms with van der Waals surface area (Å²) in [5.74, 6) is 0.572. The number of anilines is 1. The number of carbonyl (C=O) groups excluding carboxylic acids is 1. The Bertz CT molecular complexity index is 674. The third-order valence-corrected chi connectivity index (χ3v) is 4.12. The van der Waals surface area contributed by atoms with Crippen molar-refractivity contribution in [3.63, 3.8) is 0 Å². The lowest BCUT2D eigenvalue weighted by Gasteiger charge is -2.29. The fraction of sp³-hybridized carbons (Fsp3) is 0.529. The van der Waals surface area contributed by atoms with Crippen LogP contribution in [0.5, 0.6) is 0 Å². The van der Waals surface area contributed by atoms with Gasteiger partial charge in [0.25, 0.3) is 0 Å². The van der Waals surface area contributed by atoms with Crippen molar-refractivity contribution in [2.45, 2.75) is 20.3 Å². The summed E-state index contributed by atoms with van der Waals surface area (Å²) in [7, 11) is 0. The summed E-state index contributed by atoms with van der Waals surface area (Å²) < 4.78 is 7.01. The molecule has 0 spiro atoms. The predicted molar refractivity (Wildman–Crippen MR) is 91.0 cm³/mol. The molecule has 1 N–H and O–H groups in total. The van der Waals surface area contributed by atoms with Crippen LogP contribution < -0.4 is 10.2 Å². The van der Waals surface area contributed by atoms with E-state index in [4.69, 9.17) is 4.74 Å². The van der Waals surface area contributed by atoms with Crippen LogP contribution in [0.4, 0.5) is 10.5 Å². The zero-order valence-electron chi connectivity index (χ0n) is 13.8. The Labute approximate surface area is 136 Å². The van der Waals surface area contributed by atoms with Gasteiger partial charge in [-0.25, -0.2) is 9.78 Å². The molecule has 1 aromatic heterocycles. The maximum absolute atomic E-state index is 12.4. The second-order valence-corrected chi connectivity index (χ2v) is 6.27. The normalized spacial score (nSPS) is 15.3. The highest BCUT2D eigenvalue weighted by Gasteiger charge is 2.17. The SMILES string of the molecule is CC(C)CCNC(=O)n1cnc2c(N3CCOCC3)cccc21. The van der Waals surface area contributed by atoms with E-state index in [0.717, 1.165) is 49.4 Å². The molecule has 1 aromatic carbocycles. The number of para-hydroxylation sites is 1. The van der Waals surface area contributed by atoms with Gasteiger partial charge in [0.15, 0.2) is 0 Å². The van der Waals surface area contributed by atoms with Crippen molar-refractivity contribution in [3.05, 3.63) is 24.5 Å². The van der Waals surface area contributed by atoms with Gasteiger partial charge < -0.3 is 15.0 Å². The van der Waals surface area contributed by atoms with E-state index in [2.05, 4.69) is 35.1 Å². The molecule has 0 atom stereocenters. The standard InChI is InChI=1S/C17H24N4O2/c1-13(2)6-7-18-17(22)21-12-19-16-14(4-3-5-15(16)21)20-8-10-23-11-9-20/h3-5,12-13H,6-11H2,1-2H3,(H,18,22). The van der Waals surface area contributed by atoms with Crippen LogP contribution in [-0.4, -0.2) is 48.4 Å². The van der Waals surface area contributed by atoms with Gasteiger partial charge in [-0.15, -0.1) is 0 Å². The Balaban J connectivity index is 1.81. The zero-order valence-corrected chi connectivity index (χ0v) is 13.8. The molecule has 1 saturated heterocycles. The third-order valence-electron chi connectivity index (χ3n) is 4.12. The lowest BCUT2D eigenvalue weighted by Crippen LogP contribution is -2.36. The number of amides is 1. The van der Waals surface area contributed by atoms with Crippen molar-refractivity contribution < 1.29 is 9.53 Å². The maximum atomic E-state index is 12.4. The van der Waals surface area contributed by atoms with Gasteiger partial charge in [-0.05, 0) is 24.5 Å². The minimum atomic E-state index is -0.118. The summed E-state index contributed by atoms with van der Waals surface area (Å²) in [4.78, 5) is 19.1. The van der Waals surface area contributed by atoms with Crippen LogP contribution in [0.1, 0.15) is 20.3 Å². The van der Waals surface area contributed by atoms with Gasteiger partial charge in [-0.2, -0.15) is 0 Å². The molecule has 3 rings (SSSR count). The predicted octanol–water partition coefficient (Wildman–Crippen LogP) is 2.48. The molecule has 1 fully saturated rings. The average molecular weight is 316 g/mol. The van der Waals surface area contributed by atoms with Gasteiger partial charge in [-0.1, -0.05) is 19.9 Å². The molecule has 1 aliphatic rings. The monoisotopic (exact) mass is 316 g/mol. The first-order valence-corrected chi connectivity index (χ1v) is 8.24. The summed E-state index contributed by atoms with van der Waals surface area (Å²) in [6, 6.07) is 5.86. The first-order chi connectivity index (χ1) is 11.2. The second kappa shape index (κ2) is 7.00. The highest BCUT2D eigenvalue weighted by molar-refractivity contribution is 5.95. The maximum Gasteiger partial charge on any atom is 0.327 e. The van der Waals surface area contributed by atoms with Gasteiger partial charge in [-0.3, -0.25) is 4.57 Å². The molecule has 6 nitrogen and oxygen atoms in total. The van der Waals surface area contributed by atoms with E-state index in [0.29, 0.717) is 12.5 Å². The van der Waals surface area contributed by atoms with Crippen LogP contribution in [0.15, 0.2) is 24.5 Å². The lowest BCUT2D eigenvalue weighted by molar-refractivity contribution is 0.123. The van der Waals surface area contributed by atoms with Crippen LogP contribution in [0.3, 0.4) is 0 Å². The van der Waals surface area contributed by atoms with Gasteiger partial charge in [0.05, 0.1) is 24.4 Å². The van der Waals surface area contributed by atoms with E-state index in [9.17, 15) is 4.79 Å². The summed E-state index contributed by atoms with van der Waals surface area (Å²) in [6.07, 6.45) is 2.58. The number of benzene rings is 1. The molecular formula is C17H24N4O2. The van der Waals surface area contributed by atoms with Crippen molar-refractivity contribution in [1.82, 2.24) is 14.9 Å². The van der Waals surface area contributed by atoms with Gasteiger partial charge in [0.1, 0.15) is 11.8 Å². The third kappa shape index (κ3) is 3.47. The smallest absolute Gasteiger partial charge is 0.327 e. The molecule has 0 unspecified atom stereocenters. The summed E-state index contributed by atoms with van der Waals surface area (Å²) in [5, 5.41) is 2.96. The number of imidazole rings is 1. The lowest BCUT2D eigenvalue weighted by atomic mass is 10.1. The first kappa shape index (κ1) is 15.8. The molecule has 1 amide bonds. The van der Waals surface area contributed by atoms with E-state index in [1.54, 1.807) is 10.9 Å². The zero-order chi connectivity index (χ0) is 16.2. The fourth-order valence-corrected chi connectivity index (χ4v) is 2.80. The van der Waals surface area contributed by atoms with Gasteiger partial charge >= 0.3 is 6.03 Å². The molecule has 6 heteroatoms. The average Bonchev–Trinajstić information content (AvgIpc) is 2.99. The number of hydrogen-bond donors (Lipinski definition) is 1. The minimum absolute atomic E-state index is 0.118. The van der Waals surface area contributed by atoms with Crippen molar-refractivity contribution in [1.29, 1.82) is 0 Å². The Morgan fingerprint density at radius 3 is 2.87 bits per heavy atom. The number of hydrogen-bond acceptors (Lipinski definition) is 4. The summed E-state index contributed by atoms with van der Waals surface area (Å²) in [6.45, 7) is 8.14. The Morgan fingerprint density at radius 1 is 1.35 bits per heavy atom. The molecule has 0 radical (unpaired) electrons. The Kier molecular flexibility index (Phi) is 4.81. The van der Waals surface area contributed by atoms with Crippen LogP contribution in [0, 0.1) is 5.92 Å². The summed E-state index contributed by atoms with van der Waals surface area (Å²) in [5.41, 5.74) is 2.78. The molecular weight excluding hydrogens is 292 g/mol. The number of nitrogens with zero attached hydrogens (tertiary/aromatic N) is 3. The van der Waals surface area contributed by atoms with Crippen LogP contribution in [0.25, 0.3) is 11.0 Å². The number of rotatable bonds is 4. The number of ether oxygens (including phenoxy) is 1. The quantitative estimate of drug-likeness (QED) is 0.941. The number of nitrogens with one attached hydrogen (secondary N) is 1. The topological polar surface area (TPSA) is 59.4 Å². The highest BCUT2D eigenvalue weighted by Crippen LogP contribution is 2.26. The number of morpholine rings is 1. The molecule has 124 valence electrons. The minimum Gasteiger partial charge on any atom is -0.378 e. The van der Waals surface area contributed by atoms with E-state index < -0.39 is 0 Å².